The van der Waals surface area contributed by atoms with Gasteiger partial charge in [-0.3, -0.25) is 0 Å². The molecule has 4 heteroatoms. The van der Waals surface area contributed by atoms with Gasteiger partial charge in [0.1, 0.15) is 10.8 Å². The molecule has 0 radical (unpaired) electrons. The maximum atomic E-state index is 9.21. The number of hydrogen-bond acceptors (Lipinski definition) is 4. The predicted octanol–water partition coefficient (Wildman–Crippen LogP) is 3.34. The number of benzene rings is 1. The van der Waals surface area contributed by atoms with Gasteiger partial charge in [-0.1, -0.05) is 11.8 Å². The summed E-state index contributed by atoms with van der Waals surface area (Å²) in [4.78, 5) is 5.31. The summed E-state index contributed by atoms with van der Waals surface area (Å²) in [6.45, 7) is 2.57. The van der Waals surface area contributed by atoms with Crippen LogP contribution >= 0.6 is 11.8 Å². The third-order valence-corrected chi connectivity index (χ3v) is 3.10. The molecular formula is C13H13NO2S. The number of rotatable bonds is 4. The number of hydrogen-bond donors (Lipinski definition) is 1. The molecule has 0 aliphatic heterocycles. The van der Waals surface area contributed by atoms with E-state index in [0.29, 0.717) is 6.61 Å². The second-order valence-corrected chi connectivity index (χ2v) is 4.40. The molecule has 0 aliphatic rings. The Morgan fingerprint density at radius 1 is 1.24 bits per heavy atom. The Hall–Kier alpha value is -1.68. The van der Waals surface area contributed by atoms with Gasteiger partial charge in [0.05, 0.1) is 6.61 Å². The van der Waals surface area contributed by atoms with Crippen LogP contribution in [0.15, 0.2) is 52.5 Å². The Balaban J connectivity index is 2.20. The Labute approximate surface area is 104 Å². The molecule has 0 unspecified atom stereocenters. The van der Waals surface area contributed by atoms with Crippen molar-refractivity contribution < 1.29 is 9.84 Å². The van der Waals surface area contributed by atoms with Gasteiger partial charge in [-0.15, -0.1) is 0 Å². The SMILES string of the molecule is CCOc1cccnc1Sc1ccc(O)cc1. The van der Waals surface area contributed by atoms with Crippen LogP contribution in [0.1, 0.15) is 6.92 Å². The molecule has 3 nitrogen and oxygen atoms in total. The molecule has 1 N–H and O–H groups in total. The van der Waals surface area contributed by atoms with Gasteiger partial charge in [-0.25, -0.2) is 4.98 Å². The van der Waals surface area contributed by atoms with Crippen molar-refractivity contribution in [2.75, 3.05) is 6.61 Å². The van der Waals surface area contributed by atoms with Gasteiger partial charge in [0.15, 0.2) is 5.75 Å². The summed E-state index contributed by atoms with van der Waals surface area (Å²) in [6.07, 6.45) is 1.74. The number of pyridine rings is 1. The van der Waals surface area contributed by atoms with Crippen LogP contribution < -0.4 is 4.74 Å². The number of aromatic hydroxyl groups is 1. The molecule has 2 rings (SSSR count). The number of aromatic nitrogens is 1. The van der Waals surface area contributed by atoms with Crippen LogP contribution in [0.25, 0.3) is 0 Å². The van der Waals surface area contributed by atoms with E-state index in [-0.39, 0.29) is 5.75 Å². The maximum absolute atomic E-state index is 9.21. The zero-order chi connectivity index (χ0) is 12.1. The highest BCUT2D eigenvalue weighted by Crippen LogP contribution is 2.33. The van der Waals surface area contributed by atoms with Crippen molar-refractivity contribution in [2.24, 2.45) is 0 Å². The average molecular weight is 247 g/mol. The van der Waals surface area contributed by atoms with Crippen LogP contribution in [0, 0.1) is 0 Å². The van der Waals surface area contributed by atoms with Crippen molar-refractivity contribution >= 4 is 11.8 Å². The highest BCUT2D eigenvalue weighted by atomic mass is 32.2. The Kier molecular flexibility index (Phi) is 3.88. The standard InChI is InChI=1S/C13H13NO2S/c1-2-16-12-4-3-9-14-13(12)17-11-7-5-10(15)6-8-11/h3-9,15H,2H2,1H3. The fourth-order valence-electron chi connectivity index (χ4n) is 1.34. The van der Waals surface area contributed by atoms with Crippen molar-refractivity contribution in [3.63, 3.8) is 0 Å². The average Bonchev–Trinajstić information content (AvgIpc) is 2.35. The van der Waals surface area contributed by atoms with Crippen molar-refractivity contribution in [2.45, 2.75) is 16.8 Å². The summed E-state index contributed by atoms with van der Waals surface area (Å²) in [7, 11) is 0. The van der Waals surface area contributed by atoms with E-state index < -0.39 is 0 Å². The molecule has 0 atom stereocenters. The van der Waals surface area contributed by atoms with E-state index in [1.165, 1.54) is 11.8 Å². The van der Waals surface area contributed by atoms with Gasteiger partial charge in [0, 0.05) is 11.1 Å². The van der Waals surface area contributed by atoms with E-state index in [1.807, 2.05) is 31.2 Å². The lowest BCUT2D eigenvalue weighted by atomic mass is 10.3. The highest BCUT2D eigenvalue weighted by Gasteiger charge is 2.06. The van der Waals surface area contributed by atoms with Gasteiger partial charge in [0.25, 0.3) is 0 Å². The second-order valence-electron chi connectivity index (χ2n) is 3.34. The fourth-order valence-corrected chi connectivity index (χ4v) is 2.18. The third kappa shape index (κ3) is 3.14. The topological polar surface area (TPSA) is 42.4 Å². The molecule has 88 valence electrons. The lowest BCUT2D eigenvalue weighted by Gasteiger charge is -2.08. The quantitative estimate of drug-likeness (QED) is 0.899. The zero-order valence-corrected chi connectivity index (χ0v) is 10.3. The summed E-state index contributed by atoms with van der Waals surface area (Å²) in [6, 6.07) is 10.8. The number of phenols is 1. The van der Waals surface area contributed by atoms with Crippen LogP contribution in [0.2, 0.25) is 0 Å². The first-order valence-electron chi connectivity index (χ1n) is 5.34. The van der Waals surface area contributed by atoms with Gasteiger partial charge >= 0.3 is 0 Å². The van der Waals surface area contributed by atoms with E-state index in [9.17, 15) is 5.11 Å². The molecule has 17 heavy (non-hydrogen) atoms. The lowest BCUT2D eigenvalue weighted by Crippen LogP contribution is -1.94. The molecule has 0 saturated carbocycles. The Morgan fingerprint density at radius 3 is 2.71 bits per heavy atom. The largest absolute Gasteiger partial charge is 0.508 e. The monoisotopic (exact) mass is 247 g/mol. The van der Waals surface area contributed by atoms with Crippen LogP contribution in [-0.4, -0.2) is 16.7 Å². The molecule has 1 heterocycles. The van der Waals surface area contributed by atoms with Gasteiger partial charge < -0.3 is 9.84 Å². The molecule has 1 aromatic heterocycles. The predicted molar refractivity (Wildman–Crippen MR) is 67.6 cm³/mol. The summed E-state index contributed by atoms with van der Waals surface area (Å²) in [5, 5.41) is 10.0. The van der Waals surface area contributed by atoms with Crippen molar-refractivity contribution in [1.29, 1.82) is 0 Å². The second kappa shape index (κ2) is 5.59. The first kappa shape index (κ1) is 11.8. The summed E-state index contributed by atoms with van der Waals surface area (Å²) in [5.41, 5.74) is 0. The maximum Gasteiger partial charge on any atom is 0.151 e. The molecule has 0 amide bonds. The molecule has 0 aliphatic carbocycles. The number of ether oxygens (including phenoxy) is 1. The molecule has 0 bridgehead atoms. The summed E-state index contributed by atoms with van der Waals surface area (Å²) in [5.74, 6) is 1.05. The minimum Gasteiger partial charge on any atom is -0.508 e. The van der Waals surface area contributed by atoms with Gasteiger partial charge in [-0.2, -0.15) is 0 Å². The minimum absolute atomic E-state index is 0.264. The van der Waals surface area contributed by atoms with E-state index in [2.05, 4.69) is 4.98 Å². The van der Waals surface area contributed by atoms with Crippen LogP contribution in [-0.2, 0) is 0 Å². The van der Waals surface area contributed by atoms with E-state index >= 15 is 0 Å². The first-order chi connectivity index (χ1) is 8.29. The molecule has 0 spiro atoms. The van der Waals surface area contributed by atoms with Gasteiger partial charge in [0.2, 0.25) is 0 Å². The van der Waals surface area contributed by atoms with Crippen LogP contribution in [0.4, 0.5) is 0 Å². The van der Waals surface area contributed by atoms with Crippen molar-refractivity contribution in [3.05, 3.63) is 42.6 Å². The smallest absolute Gasteiger partial charge is 0.151 e. The van der Waals surface area contributed by atoms with Crippen molar-refractivity contribution in [1.82, 2.24) is 4.98 Å². The molecule has 0 fully saturated rings. The number of nitrogens with zero attached hydrogens (tertiary/aromatic N) is 1. The van der Waals surface area contributed by atoms with Crippen LogP contribution in [0.5, 0.6) is 11.5 Å². The lowest BCUT2D eigenvalue weighted by molar-refractivity contribution is 0.329. The Morgan fingerprint density at radius 2 is 2.00 bits per heavy atom. The highest BCUT2D eigenvalue weighted by molar-refractivity contribution is 7.99. The first-order valence-corrected chi connectivity index (χ1v) is 6.16. The Bertz CT molecular complexity index is 485. The third-order valence-electron chi connectivity index (χ3n) is 2.09. The molecule has 1 aromatic carbocycles. The van der Waals surface area contributed by atoms with Crippen molar-refractivity contribution in [3.8, 4) is 11.5 Å². The molecule has 0 saturated heterocycles. The summed E-state index contributed by atoms with van der Waals surface area (Å²) >= 11 is 1.52. The zero-order valence-electron chi connectivity index (χ0n) is 9.46. The van der Waals surface area contributed by atoms with Gasteiger partial charge in [-0.05, 0) is 43.3 Å². The van der Waals surface area contributed by atoms with E-state index in [0.717, 1.165) is 15.7 Å². The summed E-state index contributed by atoms with van der Waals surface area (Å²) < 4.78 is 5.50. The minimum atomic E-state index is 0.264. The normalized spacial score (nSPS) is 10.2. The molecular weight excluding hydrogens is 234 g/mol. The van der Waals surface area contributed by atoms with E-state index in [4.69, 9.17) is 4.74 Å². The van der Waals surface area contributed by atoms with Crippen LogP contribution in [0.3, 0.4) is 0 Å². The number of phenolic OH excluding ortho intramolecular Hbond substituents is 1. The fraction of sp³-hybridized carbons (Fsp3) is 0.154. The van der Waals surface area contributed by atoms with E-state index in [1.54, 1.807) is 18.3 Å². The molecule has 2 aromatic rings.